The molecule has 2 aromatic rings. The van der Waals surface area contributed by atoms with Gasteiger partial charge in [0.2, 0.25) is 10.0 Å². The maximum absolute atomic E-state index is 12.9. The van der Waals surface area contributed by atoms with E-state index in [2.05, 4.69) is 0 Å². The summed E-state index contributed by atoms with van der Waals surface area (Å²) in [5, 5.41) is 0. The van der Waals surface area contributed by atoms with Crippen LogP contribution in [0.25, 0.3) is 0 Å². The van der Waals surface area contributed by atoms with Crippen molar-refractivity contribution in [2.75, 3.05) is 15.7 Å². The highest BCUT2D eigenvalue weighted by Gasteiger charge is 2.38. The number of alkyl halides is 6. The summed E-state index contributed by atoms with van der Waals surface area (Å²) >= 11 is 0. The number of halogens is 6. The lowest BCUT2D eigenvalue weighted by Gasteiger charge is -2.16. The molecule has 0 aromatic heterocycles. The number of sulfonamides is 2. The summed E-state index contributed by atoms with van der Waals surface area (Å²) in [4.78, 5) is -1.30. The van der Waals surface area contributed by atoms with Crippen LogP contribution in [0.15, 0.2) is 47.4 Å². The standard InChI is InChI=1S/C15H12F6N2O4S2/c1-28(24,25)22-12-4-2-3-5-13(12)23-29(26,27)11-7-9(14(16,17)18)6-10(8-11)15(19,20)21/h2-8,22-23H,1H3. The van der Waals surface area contributed by atoms with Crippen molar-refractivity contribution in [1.82, 2.24) is 0 Å². The zero-order chi connectivity index (χ0) is 22.3. The molecule has 14 heteroatoms. The largest absolute Gasteiger partial charge is 0.416 e. The highest BCUT2D eigenvalue weighted by molar-refractivity contribution is 7.93. The van der Waals surface area contributed by atoms with Gasteiger partial charge in [-0.05, 0) is 30.3 Å². The molecule has 6 nitrogen and oxygen atoms in total. The Kier molecular flexibility index (Phi) is 5.82. The van der Waals surface area contributed by atoms with Crippen LogP contribution in [0.5, 0.6) is 0 Å². The molecule has 0 heterocycles. The number of nitrogens with one attached hydrogen (secondary N) is 2. The monoisotopic (exact) mass is 462 g/mol. The van der Waals surface area contributed by atoms with Crippen LogP contribution < -0.4 is 9.44 Å². The fourth-order valence-corrected chi connectivity index (χ4v) is 3.87. The van der Waals surface area contributed by atoms with Gasteiger partial charge in [-0.3, -0.25) is 9.44 Å². The molecule has 0 saturated heterocycles. The van der Waals surface area contributed by atoms with E-state index in [4.69, 9.17) is 0 Å². The second kappa shape index (κ2) is 7.40. The molecule has 2 aromatic carbocycles. The Hall–Kier alpha value is -2.48. The van der Waals surface area contributed by atoms with Crippen molar-refractivity contribution < 1.29 is 43.2 Å². The van der Waals surface area contributed by atoms with E-state index in [1.807, 2.05) is 4.72 Å². The third-order valence-electron chi connectivity index (χ3n) is 3.34. The summed E-state index contributed by atoms with van der Waals surface area (Å²) in [6.45, 7) is 0. The van der Waals surface area contributed by atoms with Crippen molar-refractivity contribution in [2.24, 2.45) is 0 Å². The van der Waals surface area contributed by atoms with Crippen LogP contribution in [0, 0.1) is 0 Å². The summed E-state index contributed by atoms with van der Waals surface area (Å²) in [6, 6.07) is 4.71. The van der Waals surface area contributed by atoms with E-state index in [-0.39, 0.29) is 23.9 Å². The van der Waals surface area contributed by atoms with Crippen molar-refractivity contribution >= 4 is 31.4 Å². The minimum Gasteiger partial charge on any atom is -0.282 e. The lowest BCUT2D eigenvalue weighted by molar-refractivity contribution is -0.143. The summed E-state index contributed by atoms with van der Waals surface area (Å²) < 4.78 is 129. The van der Waals surface area contributed by atoms with Gasteiger partial charge in [0.15, 0.2) is 0 Å². The van der Waals surface area contributed by atoms with Gasteiger partial charge in [-0.25, -0.2) is 16.8 Å². The summed E-state index contributed by atoms with van der Waals surface area (Å²) in [7, 11) is -8.80. The number of hydrogen-bond acceptors (Lipinski definition) is 4. The minimum absolute atomic E-state index is 0.0458. The van der Waals surface area contributed by atoms with Crippen molar-refractivity contribution in [2.45, 2.75) is 17.2 Å². The van der Waals surface area contributed by atoms with E-state index in [0.717, 1.165) is 18.4 Å². The highest BCUT2D eigenvalue weighted by atomic mass is 32.2. The predicted octanol–water partition coefficient (Wildman–Crippen LogP) is 3.90. The van der Waals surface area contributed by atoms with E-state index < -0.39 is 54.1 Å². The third-order valence-corrected chi connectivity index (χ3v) is 5.27. The van der Waals surface area contributed by atoms with Crippen LogP contribution in [0.2, 0.25) is 0 Å². The molecule has 0 unspecified atom stereocenters. The van der Waals surface area contributed by atoms with E-state index in [9.17, 15) is 43.2 Å². The van der Waals surface area contributed by atoms with Gasteiger partial charge in [-0.1, -0.05) is 12.1 Å². The van der Waals surface area contributed by atoms with Gasteiger partial charge in [0.1, 0.15) is 0 Å². The molecule has 0 atom stereocenters. The molecule has 0 saturated carbocycles. The van der Waals surface area contributed by atoms with Gasteiger partial charge >= 0.3 is 12.4 Å². The Bertz CT molecular complexity index is 1090. The SMILES string of the molecule is CS(=O)(=O)Nc1ccccc1NS(=O)(=O)c1cc(C(F)(F)F)cc(C(F)(F)F)c1. The molecule has 2 rings (SSSR count). The van der Waals surface area contributed by atoms with Crippen molar-refractivity contribution in [3.8, 4) is 0 Å². The molecule has 2 N–H and O–H groups in total. The molecule has 160 valence electrons. The third kappa shape index (κ3) is 6.00. The first kappa shape index (κ1) is 22.8. The lowest BCUT2D eigenvalue weighted by Crippen LogP contribution is -2.19. The van der Waals surface area contributed by atoms with Crippen LogP contribution in [-0.4, -0.2) is 23.1 Å². The van der Waals surface area contributed by atoms with Gasteiger partial charge in [-0.2, -0.15) is 26.3 Å². The molecule has 0 aliphatic rings. The number of rotatable bonds is 5. The normalized spacial score (nSPS) is 13.2. The zero-order valence-corrected chi connectivity index (χ0v) is 15.9. The van der Waals surface area contributed by atoms with Crippen LogP contribution >= 0.6 is 0 Å². The smallest absolute Gasteiger partial charge is 0.282 e. The van der Waals surface area contributed by atoms with E-state index in [0.29, 0.717) is 0 Å². The Morgan fingerprint density at radius 3 is 1.52 bits per heavy atom. The topological polar surface area (TPSA) is 92.3 Å². The average Bonchev–Trinajstić information content (AvgIpc) is 2.53. The van der Waals surface area contributed by atoms with Gasteiger partial charge < -0.3 is 0 Å². The maximum atomic E-state index is 12.9. The molecule has 0 bridgehead atoms. The first-order valence-corrected chi connectivity index (χ1v) is 10.8. The molecule has 0 spiro atoms. The van der Waals surface area contributed by atoms with Gasteiger partial charge in [0.25, 0.3) is 10.0 Å². The number of anilines is 2. The average molecular weight is 462 g/mol. The van der Waals surface area contributed by atoms with Crippen molar-refractivity contribution in [3.05, 3.63) is 53.6 Å². The fraction of sp³-hybridized carbons (Fsp3) is 0.200. The first-order valence-electron chi connectivity index (χ1n) is 7.38. The Balaban J connectivity index is 2.58. The Morgan fingerprint density at radius 2 is 1.14 bits per heavy atom. The summed E-state index contributed by atoms with van der Waals surface area (Å²) in [5.41, 5.74) is -4.30. The van der Waals surface area contributed by atoms with Gasteiger partial charge in [0, 0.05) is 0 Å². The predicted molar refractivity (Wildman–Crippen MR) is 92.2 cm³/mol. The molecular formula is C15H12F6N2O4S2. The van der Waals surface area contributed by atoms with Crippen molar-refractivity contribution in [3.63, 3.8) is 0 Å². The van der Waals surface area contributed by atoms with Gasteiger partial charge in [0.05, 0.1) is 33.7 Å². The molecule has 0 fully saturated rings. The zero-order valence-electron chi connectivity index (χ0n) is 14.3. The quantitative estimate of drug-likeness (QED) is 0.660. The van der Waals surface area contributed by atoms with Crippen LogP contribution in [-0.2, 0) is 32.4 Å². The summed E-state index contributed by atoms with van der Waals surface area (Å²) in [6.07, 6.45) is -9.71. The molecule has 0 amide bonds. The molecular weight excluding hydrogens is 450 g/mol. The molecule has 0 aliphatic heterocycles. The Morgan fingerprint density at radius 1 is 0.724 bits per heavy atom. The molecule has 29 heavy (non-hydrogen) atoms. The fourth-order valence-electron chi connectivity index (χ4n) is 2.15. The first-order chi connectivity index (χ1) is 13.0. The lowest BCUT2D eigenvalue weighted by atomic mass is 10.1. The van der Waals surface area contributed by atoms with Crippen LogP contribution in [0.4, 0.5) is 37.7 Å². The molecule has 0 aliphatic carbocycles. The Labute approximate surface area is 161 Å². The van der Waals surface area contributed by atoms with Crippen molar-refractivity contribution in [1.29, 1.82) is 0 Å². The summed E-state index contributed by atoms with van der Waals surface area (Å²) in [5.74, 6) is 0. The van der Waals surface area contributed by atoms with E-state index in [1.165, 1.54) is 12.1 Å². The second-order valence-electron chi connectivity index (χ2n) is 5.77. The molecule has 0 radical (unpaired) electrons. The minimum atomic E-state index is -5.23. The van der Waals surface area contributed by atoms with E-state index >= 15 is 0 Å². The second-order valence-corrected chi connectivity index (χ2v) is 9.20. The van der Waals surface area contributed by atoms with E-state index in [1.54, 1.807) is 4.72 Å². The number of benzene rings is 2. The highest BCUT2D eigenvalue weighted by Crippen LogP contribution is 2.37. The van der Waals surface area contributed by atoms with Crippen LogP contribution in [0.1, 0.15) is 11.1 Å². The number of para-hydroxylation sites is 2. The van der Waals surface area contributed by atoms with Crippen LogP contribution in [0.3, 0.4) is 0 Å². The number of hydrogen-bond donors (Lipinski definition) is 2. The maximum Gasteiger partial charge on any atom is 0.416 e. The van der Waals surface area contributed by atoms with Gasteiger partial charge in [-0.15, -0.1) is 0 Å².